The van der Waals surface area contributed by atoms with Crippen LogP contribution in [0.4, 0.5) is 0 Å². The topological polar surface area (TPSA) is 9.23 Å². The second-order valence-electron chi connectivity index (χ2n) is 4.19. The summed E-state index contributed by atoms with van der Waals surface area (Å²) in [6.07, 6.45) is 3.08. The molecule has 0 aliphatic carbocycles. The third kappa shape index (κ3) is 2.88. The zero-order valence-corrected chi connectivity index (χ0v) is 10.7. The van der Waals surface area contributed by atoms with Crippen LogP contribution in [-0.2, 0) is 6.42 Å². The van der Waals surface area contributed by atoms with Gasteiger partial charge in [-0.2, -0.15) is 0 Å². The van der Waals surface area contributed by atoms with Crippen molar-refractivity contribution in [2.24, 2.45) is 0 Å². The van der Waals surface area contributed by atoms with E-state index in [9.17, 15) is 0 Å². The minimum Gasteiger partial charge on any atom is -0.491 e. The molecule has 0 saturated heterocycles. The zero-order chi connectivity index (χ0) is 12.1. The van der Waals surface area contributed by atoms with E-state index in [0.29, 0.717) is 0 Å². The van der Waals surface area contributed by atoms with E-state index in [0.717, 1.165) is 12.2 Å². The van der Waals surface area contributed by atoms with E-state index in [4.69, 9.17) is 4.74 Å². The Bertz CT molecular complexity index is 352. The lowest BCUT2D eigenvalue weighted by Gasteiger charge is -2.18. The SMILES string of the molecule is C=C[C](C)c1cccc(OC(C)C)c1CC. The van der Waals surface area contributed by atoms with Crippen LogP contribution in [0.1, 0.15) is 38.8 Å². The molecule has 87 valence electrons. The van der Waals surface area contributed by atoms with Gasteiger partial charge in [-0.1, -0.05) is 32.1 Å². The first-order chi connectivity index (χ1) is 7.60. The molecule has 0 aliphatic heterocycles. The fourth-order valence-electron chi connectivity index (χ4n) is 1.77. The molecular formula is C15H21O. The predicted molar refractivity (Wildman–Crippen MR) is 69.8 cm³/mol. The summed E-state index contributed by atoms with van der Waals surface area (Å²) in [6.45, 7) is 12.2. The lowest BCUT2D eigenvalue weighted by molar-refractivity contribution is 0.240. The van der Waals surface area contributed by atoms with Crippen molar-refractivity contribution in [2.45, 2.75) is 40.2 Å². The monoisotopic (exact) mass is 217 g/mol. The molecule has 0 atom stereocenters. The van der Waals surface area contributed by atoms with E-state index in [1.165, 1.54) is 17.0 Å². The molecule has 0 bridgehead atoms. The smallest absolute Gasteiger partial charge is 0.123 e. The Hall–Kier alpha value is -1.24. The summed E-state index contributed by atoms with van der Waals surface area (Å²) < 4.78 is 5.82. The molecule has 0 spiro atoms. The van der Waals surface area contributed by atoms with Gasteiger partial charge in [0.05, 0.1) is 6.10 Å². The fraction of sp³-hybridized carbons (Fsp3) is 0.400. The number of hydrogen-bond donors (Lipinski definition) is 0. The van der Waals surface area contributed by atoms with Crippen molar-refractivity contribution in [3.63, 3.8) is 0 Å². The highest BCUT2D eigenvalue weighted by molar-refractivity contribution is 5.49. The van der Waals surface area contributed by atoms with E-state index in [1.807, 2.05) is 18.2 Å². The van der Waals surface area contributed by atoms with E-state index in [2.05, 4.69) is 40.3 Å². The molecule has 1 aromatic carbocycles. The van der Waals surface area contributed by atoms with E-state index in [-0.39, 0.29) is 6.10 Å². The predicted octanol–water partition coefficient (Wildman–Crippen LogP) is 4.16. The van der Waals surface area contributed by atoms with Crippen molar-refractivity contribution in [3.05, 3.63) is 47.9 Å². The highest BCUT2D eigenvalue weighted by atomic mass is 16.5. The molecule has 1 radical (unpaired) electrons. The van der Waals surface area contributed by atoms with Crippen LogP contribution >= 0.6 is 0 Å². The lowest BCUT2D eigenvalue weighted by atomic mass is 9.94. The summed E-state index contributed by atoms with van der Waals surface area (Å²) in [5, 5.41) is 0. The Labute approximate surface area is 99.1 Å². The van der Waals surface area contributed by atoms with Crippen LogP contribution in [0.3, 0.4) is 0 Å². The maximum absolute atomic E-state index is 5.82. The lowest BCUT2D eigenvalue weighted by Crippen LogP contribution is -2.09. The molecule has 1 rings (SSSR count). The molecule has 0 aliphatic rings. The Morgan fingerprint density at radius 1 is 1.44 bits per heavy atom. The van der Waals surface area contributed by atoms with Crippen molar-refractivity contribution in [2.75, 3.05) is 0 Å². The summed E-state index contributed by atoms with van der Waals surface area (Å²) in [5.74, 6) is 2.20. The summed E-state index contributed by atoms with van der Waals surface area (Å²) in [7, 11) is 0. The number of benzene rings is 1. The molecule has 1 heteroatoms. The quantitative estimate of drug-likeness (QED) is 0.719. The summed E-state index contributed by atoms with van der Waals surface area (Å²) in [4.78, 5) is 0. The highest BCUT2D eigenvalue weighted by Crippen LogP contribution is 2.29. The molecule has 0 saturated carbocycles. The number of hydrogen-bond acceptors (Lipinski definition) is 1. The van der Waals surface area contributed by atoms with Crippen LogP contribution in [0.25, 0.3) is 0 Å². The van der Waals surface area contributed by atoms with Gasteiger partial charge in [-0.25, -0.2) is 0 Å². The fourth-order valence-corrected chi connectivity index (χ4v) is 1.77. The van der Waals surface area contributed by atoms with Crippen molar-refractivity contribution in [1.29, 1.82) is 0 Å². The van der Waals surface area contributed by atoms with Gasteiger partial charge in [-0.05, 0) is 37.5 Å². The van der Waals surface area contributed by atoms with Crippen LogP contribution < -0.4 is 4.74 Å². The van der Waals surface area contributed by atoms with E-state index in [1.54, 1.807) is 0 Å². The Kier molecular flexibility index (Phi) is 4.60. The molecule has 0 fully saturated rings. The second kappa shape index (κ2) is 5.74. The standard InChI is InChI=1S/C15H21O/c1-6-12(5)14-9-8-10-15(13(14)7-2)16-11(3)4/h6,8-11H,1,7H2,2-5H3. The zero-order valence-electron chi connectivity index (χ0n) is 10.7. The number of ether oxygens (including phenoxy) is 1. The first kappa shape index (κ1) is 12.8. The second-order valence-corrected chi connectivity index (χ2v) is 4.19. The molecule has 0 unspecified atom stereocenters. The Morgan fingerprint density at radius 3 is 2.62 bits per heavy atom. The average molecular weight is 217 g/mol. The van der Waals surface area contributed by atoms with Gasteiger partial charge in [0.25, 0.3) is 0 Å². The highest BCUT2D eigenvalue weighted by Gasteiger charge is 2.12. The van der Waals surface area contributed by atoms with Crippen LogP contribution in [0, 0.1) is 5.92 Å². The van der Waals surface area contributed by atoms with Crippen LogP contribution in [-0.4, -0.2) is 6.10 Å². The minimum atomic E-state index is 0.213. The van der Waals surface area contributed by atoms with Gasteiger partial charge in [0.2, 0.25) is 0 Å². The van der Waals surface area contributed by atoms with Crippen molar-refractivity contribution >= 4 is 0 Å². The van der Waals surface area contributed by atoms with Crippen LogP contribution in [0.5, 0.6) is 5.75 Å². The molecule has 0 amide bonds. The number of allylic oxidation sites excluding steroid dienone is 1. The van der Waals surface area contributed by atoms with Crippen molar-refractivity contribution in [3.8, 4) is 5.75 Å². The van der Waals surface area contributed by atoms with Gasteiger partial charge in [-0.3, -0.25) is 0 Å². The van der Waals surface area contributed by atoms with Gasteiger partial charge in [0.1, 0.15) is 5.75 Å². The molecule has 1 aromatic rings. The van der Waals surface area contributed by atoms with Crippen molar-refractivity contribution < 1.29 is 4.74 Å². The molecule has 1 nitrogen and oxygen atoms in total. The molecular weight excluding hydrogens is 196 g/mol. The normalized spacial score (nSPS) is 10.9. The Morgan fingerprint density at radius 2 is 2.12 bits per heavy atom. The van der Waals surface area contributed by atoms with Gasteiger partial charge in [0.15, 0.2) is 0 Å². The van der Waals surface area contributed by atoms with Gasteiger partial charge < -0.3 is 4.74 Å². The third-order valence-electron chi connectivity index (χ3n) is 2.58. The Balaban J connectivity index is 3.14. The summed E-state index contributed by atoms with van der Waals surface area (Å²) >= 11 is 0. The van der Waals surface area contributed by atoms with Gasteiger partial charge in [-0.15, -0.1) is 6.58 Å². The van der Waals surface area contributed by atoms with E-state index < -0.39 is 0 Å². The molecule has 16 heavy (non-hydrogen) atoms. The first-order valence-electron chi connectivity index (χ1n) is 5.85. The maximum Gasteiger partial charge on any atom is 0.123 e. The largest absolute Gasteiger partial charge is 0.491 e. The van der Waals surface area contributed by atoms with Crippen LogP contribution in [0.15, 0.2) is 30.9 Å². The molecule has 0 aromatic heterocycles. The number of rotatable bonds is 5. The summed E-state index contributed by atoms with van der Waals surface area (Å²) in [5.41, 5.74) is 2.52. The third-order valence-corrected chi connectivity index (χ3v) is 2.58. The van der Waals surface area contributed by atoms with Gasteiger partial charge in [0, 0.05) is 5.92 Å². The van der Waals surface area contributed by atoms with Crippen LogP contribution in [0.2, 0.25) is 0 Å². The van der Waals surface area contributed by atoms with Crippen molar-refractivity contribution in [1.82, 2.24) is 0 Å². The molecule has 0 heterocycles. The minimum absolute atomic E-state index is 0.213. The first-order valence-corrected chi connectivity index (χ1v) is 5.85. The molecule has 0 N–H and O–H groups in total. The van der Waals surface area contributed by atoms with E-state index >= 15 is 0 Å². The maximum atomic E-state index is 5.82. The van der Waals surface area contributed by atoms with Gasteiger partial charge >= 0.3 is 0 Å². The summed E-state index contributed by atoms with van der Waals surface area (Å²) in [6, 6.07) is 6.21. The average Bonchev–Trinajstić information content (AvgIpc) is 2.27.